The van der Waals surface area contributed by atoms with Crippen molar-refractivity contribution >= 4 is 10.9 Å². The number of pyridine rings is 1. The Hall–Kier alpha value is -2.26. The first kappa shape index (κ1) is 15.3. The molecule has 0 bridgehead atoms. The molecule has 4 rings (SSSR count). The quantitative estimate of drug-likeness (QED) is 0.673. The van der Waals surface area contributed by atoms with Crippen LogP contribution in [-0.2, 0) is 6.54 Å². The molecule has 3 heteroatoms. The lowest BCUT2D eigenvalue weighted by Crippen LogP contribution is -2.29. The predicted molar refractivity (Wildman–Crippen MR) is 96.3 cm³/mol. The summed E-state index contributed by atoms with van der Waals surface area (Å²) in [5.74, 6) is -0.146. The van der Waals surface area contributed by atoms with E-state index in [0.717, 1.165) is 41.7 Å². The van der Waals surface area contributed by atoms with E-state index >= 15 is 0 Å². The van der Waals surface area contributed by atoms with Gasteiger partial charge in [0.15, 0.2) is 0 Å². The second-order valence-electron chi connectivity index (χ2n) is 6.56. The molecule has 1 aliphatic heterocycles. The zero-order chi connectivity index (χ0) is 16.4. The maximum absolute atomic E-state index is 14.7. The van der Waals surface area contributed by atoms with E-state index in [2.05, 4.69) is 16.0 Å². The third kappa shape index (κ3) is 3.17. The minimum absolute atomic E-state index is 0.146. The number of rotatable bonds is 3. The van der Waals surface area contributed by atoms with E-state index in [-0.39, 0.29) is 5.82 Å². The van der Waals surface area contributed by atoms with Gasteiger partial charge in [0.05, 0.1) is 5.52 Å². The number of piperidine rings is 1. The first-order valence-electron chi connectivity index (χ1n) is 8.65. The molecule has 0 atom stereocenters. The summed E-state index contributed by atoms with van der Waals surface area (Å²) in [5.41, 5.74) is 3.55. The minimum Gasteiger partial charge on any atom is -0.299 e. The Morgan fingerprint density at radius 2 is 1.83 bits per heavy atom. The second-order valence-corrected chi connectivity index (χ2v) is 6.56. The molecule has 3 aromatic rings. The van der Waals surface area contributed by atoms with Crippen LogP contribution in [0.15, 0.2) is 54.7 Å². The van der Waals surface area contributed by atoms with Crippen molar-refractivity contribution in [1.82, 2.24) is 9.88 Å². The summed E-state index contributed by atoms with van der Waals surface area (Å²) in [6.07, 6.45) is 5.61. The smallest absolute Gasteiger partial charge is 0.131 e. The fourth-order valence-electron chi connectivity index (χ4n) is 3.51. The highest BCUT2D eigenvalue weighted by molar-refractivity contribution is 5.84. The van der Waals surface area contributed by atoms with Gasteiger partial charge >= 0.3 is 0 Å². The lowest BCUT2D eigenvalue weighted by Gasteiger charge is -2.26. The summed E-state index contributed by atoms with van der Waals surface area (Å²) in [5, 5.41) is 1.03. The molecule has 1 saturated heterocycles. The molecular weight excluding hydrogens is 299 g/mol. The lowest BCUT2D eigenvalue weighted by atomic mass is 10.0. The number of nitrogens with zero attached hydrogens (tertiary/aromatic N) is 2. The van der Waals surface area contributed by atoms with E-state index in [1.54, 1.807) is 12.3 Å². The Labute approximate surface area is 141 Å². The van der Waals surface area contributed by atoms with Gasteiger partial charge in [-0.1, -0.05) is 30.7 Å². The van der Waals surface area contributed by atoms with Crippen LogP contribution in [0.3, 0.4) is 0 Å². The highest BCUT2D eigenvalue weighted by Gasteiger charge is 2.12. The number of fused-ring (bicyclic) bond motifs is 1. The van der Waals surface area contributed by atoms with Gasteiger partial charge in [0, 0.05) is 23.7 Å². The summed E-state index contributed by atoms with van der Waals surface area (Å²) in [6.45, 7) is 3.10. The number of hydrogen-bond acceptors (Lipinski definition) is 2. The SMILES string of the molecule is Fc1cc(CN2CCCCC2)ccc1-c1ccc2ncccc2c1. The average molecular weight is 320 g/mol. The Morgan fingerprint density at radius 3 is 2.67 bits per heavy atom. The minimum atomic E-state index is -0.146. The normalized spacial score (nSPS) is 15.7. The van der Waals surface area contributed by atoms with Crippen molar-refractivity contribution in [3.63, 3.8) is 0 Å². The molecule has 2 heterocycles. The van der Waals surface area contributed by atoms with Crippen molar-refractivity contribution in [3.8, 4) is 11.1 Å². The largest absolute Gasteiger partial charge is 0.299 e. The van der Waals surface area contributed by atoms with Crippen LogP contribution in [0.1, 0.15) is 24.8 Å². The molecule has 0 amide bonds. The fraction of sp³-hybridized carbons (Fsp3) is 0.286. The van der Waals surface area contributed by atoms with Crippen LogP contribution >= 0.6 is 0 Å². The zero-order valence-corrected chi connectivity index (χ0v) is 13.7. The highest BCUT2D eigenvalue weighted by Crippen LogP contribution is 2.27. The average Bonchev–Trinajstić information content (AvgIpc) is 2.62. The van der Waals surface area contributed by atoms with Gasteiger partial charge in [-0.25, -0.2) is 4.39 Å². The van der Waals surface area contributed by atoms with Gasteiger partial charge in [0.2, 0.25) is 0 Å². The monoisotopic (exact) mass is 320 g/mol. The summed E-state index contributed by atoms with van der Waals surface area (Å²) in [7, 11) is 0. The molecule has 0 N–H and O–H groups in total. The standard InChI is InChI=1S/C21H21FN2/c22-20-13-16(15-24-11-2-1-3-12-24)6-8-19(20)17-7-9-21-18(14-17)5-4-10-23-21/h4-10,13-14H,1-3,11-12,15H2. The van der Waals surface area contributed by atoms with Crippen molar-refractivity contribution in [2.75, 3.05) is 13.1 Å². The van der Waals surface area contributed by atoms with Crippen molar-refractivity contribution in [2.45, 2.75) is 25.8 Å². The van der Waals surface area contributed by atoms with Crippen LogP contribution < -0.4 is 0 Å². The van der Waals surface area contributed by atoms with Crippen LogP contribution in [0.5, 0.6) is 0 Å². The molecule has 2 nitrogen and oxygen atoms in total. The van der Waals surface area contributed by atoms with Crippen LogP contribution in [0.4, 0.5) is 4.39 Å². The van der Waals surface area contributed by atoms with Gasteiger partial charge in [-0.2, -0.15) is 0 Å². The fourth-order valence-corrected chi connectivity index (χ4v) is 3.51. The molecule has 24 heavy (non-hydrogen) atoms. The van der Waals surface area contributed by atoms with Crippen molar-refractivity contribution in [3.05, 3.63) is 66.1 Å². The molecule has 1 fully saturated rings. The second kappa shape index (κ2) is 6.70. The third-order valence-electron chi connectivity index (χ3n) is 4.80. The van der Waals surface area contributed by atoms with Crippen LogP contribution in [0.2, 0.25) is 0 Å². The number of aromatic nitrogens is 1. The molecular formula is C21H21FN2. The van der Waals surface area contributed by atoms with E-state index in [1.165, 1.54) is 19.3 Å². The molecule has 0 unspecified atom stereocenters. The van der Waals surface area contributed by atoms with Crippen molar-refractivity contribution < 1.29 is 4.39 Å². The molecule has 122 valence electrons. The number of benzene rings is 2. The molecule has 1 aliphatic rings. The van der Waals surface area contributed by atoms with Gasteiger partial charge in [-0.05, 0) is 61.3 Å². The first-order chi connectivity index (χ1) is 11.8. The maximum atomic E-state index is 14.7. The Balaban J connectivity index is 1.60. The Bertz CT molecular complexity index is 853. The van der Waals surface area contributed by atoms with Gasteiger partial charge in [-0.15, -0.1) is 0 Å². The Kier molecular flexibility index (Phi) is 4.26. The maximum Gasteiger partial charge on any atom is 0.131 e. The van der Waals surface area contributed by atoms with Gasteiger partial charge in [-0.3, -0.25) is 9.88 Å². The number of halogens is 1. The van der Waals surface area contributed by atoms with Gasteiger partial charge in [0.25, 0.3) is 0 Å². The topological polar surface area (TPSA) is 16.1 Å². The van der Waals surface area contributed by atoms with Crippen LogP contribution in [0.25, 0.3) is 22.0 Å². The van der Waals surface area contributed by atoms with Crippen molar-refractivity contribution in [1.29, 1.82) is 0 Å². The van der Waals surface area contributed by atoms with E-state index in [1.807, 2.05) is 36.4 Å². The van der Waals surface area contributed by atoms with Gasteiger partial charge < -0.3 is 0 Å². The van der Waals surface area contributed by atoms with E-state index in [4.69, 9.17) is 0 Å². The molecule has 0 radical (unpaired) electrons. The summed E-state index contributed by atoms with van der Waals surface area (Å²) in [4.78, 5) is 6.73. The summed E-state index contributed by atoms with van der Waals surface area (Å²) < 4.78 is 14.7. The molecule has 0 aliphatic carbocycles. The summed E-state index contributed by atoms with van der Waals surface area (Å²) in [6, 6.07) is 15.5. The molecule has 0 saturated carbocycles. The van der Waals surface area contributed by atoms with Crippen molar-refractivity contribution in [2.24, 2.45) is 0 Å². The van der Waals surface area contributed by atoms with E-state index in [9.17, 15) is 4.39 Å². The van der Waals surface area contributed by atoms with Crippen LogP contribution in [0, 0.1) is 5.82 Å². The predicted octanol–water partition coefficient (Wildman–Crippen LogP) is 5.03. The van der Waals surface area contributed by atoms with E-state index < -0.39 is 0 Å². The van der Waals surface area contributed by atoms with Gasteiger partial charge in [0.1, 0.15) is 5.82 Å². The number of likely N-dealkylation sites (tertiary alicyclic amines) is 1. The summed E-state index contributed by atoms with van der Waals surface area (Å²) >= 11 is 0. The third-order valence-corrected chi connectivity index (χ3v) is 4.80. The molecule has 2 aromatic carbocycles. The zero-order valence-electron chi connectivity index (χ0n) is 13.7. The molecule has 0 spiro atoms. The lowest BCUT2D eigenvalue weighted by molar-refractivity contribution is 0.220. The highest BCUT2D eigenvalue weighted by atomic mass is 19.1. The number of hydrogen-bond donors (Lipinski definition) is 0. The Morgan fingerprint density at radius 1 is 0.958 bits per heavy atom. The first-order valence-corrected chi connectivity index (χ1v) is 8.65. The van der Waals surface area contributed by atoms with Crippen LogP contribution in [-0.4, -0.2) is 23.0 Å². The van der Waals surface area contributed by atoms with E-state index in [0.29, 0.717) is 5.56 Å². The molecule has 1 aromatic heterocycles.